The fourth-order valence-corrected chi connectivity index (χ4v) is 3.55. The van der Waals surface area contributed by atoms with E-state index in [1.807, 2.05) is 11.4 Å². The Morgan fingerprint density at radius 3 is 2.76 bits per heavy atom. The van der Waals surface area contributed by atoms with E-state index in [0.717, 1.165) is 22.8 Å². The number of halogens is 2. The van der Waals surface area contributed by atoms with Crippen molar-refractivity contribution in [3.8, 4) is 11.3 Å². The Hall–Kier alpha value is -0.130. The van der Waals surface area contributed by atoms with Crippen molar-refractivity contribution < 1.29 is 0 Å². The smallest absolute Gasteiger partial charge is 0.107 e. The van der Waals surface area contributed by atoms with Gasteiger partial charge in [-0.2, -0.15) is 0 Å². The third-order valence-electron chi connectivity index (χ3n) is 2.15. The molecule has 0 amide bonds. The third-order valence-corrected chi connectivity index (χ3v) is 4.48. The van der Waals surface area contributed by atoms with Crippen molar-refractivity contribution in [3.63, 3.8) is 0 Å². The molecule has 0 spiro atoms. The fourth-order valence-electron chi connectivity index (χ4n) is 1.32. The Morgan fingerprint density at radius 2 is 2.18 bits per heavy atom. The first-order valence-electron chi connectivity index (χ1n) is 5.19. The Balaban J connectivity index is 2.15. The molecule has 0 unspecified atom stereocenters. The molecule has 2 heterocycles. The number of nitrogens with zero attached hydrogens (tertiary/aromatic N) is 1. The van der Waals surface area contributed by atoms with Gasteiger partial charge in [-0.25, -0.2) is 4.98 Å². The van der Waals surface area contributed by atoms with Gasteiger partial charge < -0.3 is 5.32 Å². The lowest BCUT2D eigenvalue weighted by Gasteiger charge is -2.04. The van der Waals surface area contributed by atoms with Crippen LogP contribution in [0.5, 0.6) is 0 Å². The zero-order valence-electron chi connectivity index (χ0n) is 9.46. The van der Waals surface area contributed by atoms with Crippen LogP contribution in [0.3, 0.4) is 0 Å². The van der Waals surface area contributed by atoms with Crippen LogP contribution in [-0.2, 0) is 6.54 Å². The van der Waals surface area contributed by atoms with E-state index in [0.29, 0.717) is 14.7 Å². The zero-order chi connectivity index (χ0) is 12.4. The van der Waals surface area contributed by atoms with Crippen molar-refractivity contribution >= 4 is 45.9 Å². The summed E-state index contributed by atoms with van der Waals surface area (Å²) in [5.74, 6) is 0. The number of thiazole rings is 1. The standard InChI is InChI=1S/C11H12Cl2N2S2/c1-6(2)14-4-10-15-8(5-16-10)7-3-9(12)17-11(7)13/h3,5-6,14H,4H2,1-2H3. The summed E-state index contributed by atoms with van der Waals surface area (Å²) in [6.45, 7) is 5.02. The third kappa shape index (κ3) is 3.42. The average molecular weight is 307 g/mol. The summed E-state index contributed by atoms with van der Waals surface area (Å²) in [4.78, 5) is 4.55. The van der Waals surface area contributed by atoms with Crippen LogP contribution >= 0.6 is 45.9 Å². The molecule has 1 N–H and O–H groups in total. The number of aromatic nitrogens is 1. The highest BCUT2D eigenvalue weighted by atomic mass is 35.5. The van der Waals surface area contributed by atoms with Crippen LogP contribution in [0.4, 0.5) is 0 Å². The molecule has 0 fully saturated rings. The van der Waals surface area contributed by atoms with E-state index in [4.69, 9.17) is 23.2 Å². The quantitative estimate of drug-likeness (QED) is 0.887. The van der Waals surface area contributed by atoms with Crippen LogP contribution in [0, 0.1) is 0 Å². The maximum atomic E-state index is 6.10. The van der Waals surface area contributed by atoms with Crippen molar-refractivity contribution in [2.45, 2.75) is 26.4 Å². The van der Waals surface area contributed by atoms with Gasteiger partial charge in [0.25, 0.3) is 0 Å². The number of hydrogen-bond donors (Lipinski definition) is 1. The molecule has 0 atom stereocenters. The minimum Gasteiger partial charge on any atom is -0.308 e. The molecular formula is C11H12Cl2N2S2. The molecule has 2 aromatic heterocycles. The van der Waals surface area contributed by atoms with Crippen LogP contribution in [0.25, 0.3) is 11.3 Å². The number of thiophene rings is 1. The second-order valence-electron chi connectivity index (χ2n) is 3.90. The average Bonchev–Trinajstić information content (AvgIpc) is 2.82. The zero-order valence-corrected chi connectivity index (χ0v) is 12.6. The molecule has 0 aliphatic heterocycles. The van der Waals surface area contributed by atoms with Crippen LogP contribution in [0.1, 0.15) is 18.9 Å². The van der Waals surface area contributed by atoms with Gasteiger partial charge in [-0.3, -0.25) is 0 Å². The monoisotopic (exact) mass is 306 g/mol. The normalized spacial score (nSPS) is 11.4. The largest absolute Gasteiger partial charge is 0.308 e. The van der Waals surface area contributed by atoms with E-state index < -0.39 is 0 Å². The highest BCUT2D eigenvalue weighted by Crippen LogP contribution is 2.38. The van der Waals surface area contributed by atoms with Gasteiger partial charge in [-0.1, -0.05) is 37.0 Å². The molecule has 2 rings (SSSR count). The van der Waals surface area contributed by atoms with E-state index in [1.165, 1.54) is 11.3 Å². The molecular weight excluding hydrogens is 295 g/mol. The topological polar surface area (TPSA) is 24.9 Å². The summed E-state index contributed by atoms with van der Waals surface area (Å²) < 4.78 is 1.39. The van der Waals surface area contributed by atoms with E-state index >= 15 is 0 Å². The van der Waals surface area contributed by atoms with E-state index in [1.54, 1.807) is 11.3 Å². The Bertz CT molecular complexity index is 505. The van der Waals surface area contributed by atoms with Crippen LogP contribution < -0.4 is 5.32 Å². The molecule has 0 bridgehead atoms. The van der Waals surface area contributed by atoms with Gasteiger partial charge in [0.2, 0.25) is 0 Å². The second kappa shape index (κ2) is 5.67. The van der Waals surface area contributed by atoms with Gasteiger partial charge in [0.15, 0.2) is 0 Å². The maximum absolute atomic E-state index is 6.10. The van der Waals surface area contributed by atoms with Gasteiger partial charge in [-0.15, -0.1) is 22.7 Å². The van der Waals surface area contributed by atoms with E-state index in [2.05, 4.69) is 24.1 Å². The molecule has 0 aliphatic rings. The van der Waals surface area contributed by atoms with Gasteiger partial charge in [0.1, 0.15) is 9.34 Å². The molecule has 2 nitrogen and oxygen atoms in total. The Labute approximate surface area is 119 Å². The van der Waals surface area contributed by atoms with Crippen molar-refractivity contribution in [1.82, 2.24) is 10.3 Å². The summed E-state index contributed by atoms with van der Waals surface area (Å²) in [5.41, 5.74) is 1.83. The predicted molar refractivity (Wildman–Crippen MR) is 77.4 cm³/mol. The lowest BCUT2D eigenvalue weighted by Crippen LogP contribution is -2.21. The molecule has 2 aromatic rings. The molecule has 0 aromatic carbocycles. The highest BCUT2D eigenvalue weighted by molar-refractivity contribution is 7.20. The Kier molecular flexibility index (Phi) is 4.44. The molecule has 6 heteroatoms. The summed E-state index contributed by atoms with van der Waals surface area (Å²) in [6.07, 6.45) is 0. The molecule has 0 radical (unpaired) electrons. The molecule has 0 aliphatic carbocycles. The number of hydrogen-bond acceptors (Lipinski definition) is 4. The first kappa shape index (κ1) is 13.3. The SMILES string of the molecule is CC(C)NCc1nc(-c2cc(Cl)sc2Cl)cs1. The summed E-state index contributed by atoms with van der Waals surface area (Å²) in [5, 5.41) is 6.42. The molecule has 0 saturated carbocycles. The van der Waals surface area contributed by atoms with Gasteiger partial charge >= 0.3 is 0 Å². The summed E-state index contributed by atoms with van der Waals surface area (Å²) in [6, 6.07) is 2.32. The minimum absolute atomic E-state index is 0.460. The van der Waals surface area contributed by atoms with Gasteiger partial charge in [0, 0.05) is 23.5 Å². The maximum Gasteiger partial charge on any atom is 0.107 e. The molecule has 17 heavy (non-hydrogen) atoms. The van der Waals surface area contributed by atoms with Crippen LogP contribution in [0.15, 0.2) is 11.4 Å². The Morgan fingerprint density at radius 1 is 1.41 bits per heavy atom. The molecule has 92 valence electrons. The first-order chi connectivity index (χ1) is 8.06. The van der Waals surface area contributed by atoms with E-state index in [-0.39, 0.29) is 0 Å². The number of rotatable bonds is 4. The first-order valence-corrected chi connectivity index (χ1v) is 7.64. The van der Waals surface area contributed by atoms with E-state index in [9.17, 15) is 0 Å². The molecule has 0 saturated heterocycles. The van der Waals surface area contributed by atoms with Crippen molar-refractivity contribution in [1.29, 1.82) is 0 Å². The highest BCUT2D eigenvalue weighted by Gasteiger charge is 2.11. The summed E-state index contributed by atoms with van der Waals surface area (Å²) >= 11 is 15.0. The summed E-state index contributed by atoms with van der Waals surface area (Å²) in [7, 11) is 0. The lowest BCUT2D eigenvalue weighted by atomic mass is 10.3. The van der Waals surface area contributed by atoms with Crippen molar-refractivity contribution in [2.75, 3.05) is 0 Å². The minimum atomic E-state index is 0.460. The fraction of sp³-hybridized carbons (Fsp3) is 0.364. The van der Waals surface area contributed by atoms with Crippen LogP contribution in [-0.4, -0.2) is 11.0 Å². The second-order valence-corrected chi connectivity index (χ2v) is 7.13. The number of nitrogens with one attached hydrogen (secondary N) is 1. The lowest BCUT2D eigenvalue weighted by molar-refractivity contribution is 0.587. The van der Waals surface area contributed by atoms with Crippen molar-refractivity contribution in [2.24, 2.45) is 0 Å². The van der Waals surface area contributed by atoms with Crippen molar-refractivity contribution in [3.05, 3.63) is 25.1 Å². The predicted octanol–water partition coefficient (Wildman–Crippen LogP) is 4.68. The van der Waals surface area contributed by atoms with Gasteiger partial charge in [0.05, 0.1) is 10.0 Å². The van der Waals surface area contributed by atoms with Crippen LogP contribution in [0.2, 0.25) is 8.67 Å². The van der Waals surface area contributed by atoms with Gasteiger partial charge in [-0.05, 0) is 6.07 Å².